The number of aryl methyl sites for hydroxylation is 1. The molecule has 1 aliphatic carbocycles. The number of Topliss-reactive ketones (excluding diaryl/α,β-unsaturated/α-hetero) is 1. The van der Waals surface area contributed by atoms with Crippen molar-refractivity contribution in [1.82, 2.24) is 0 Å². The number of benzene rings is 1. The Hall–Kier alpha value is -2.67. The summed E-state index contributed by atoms with van der Waals surface area (Å²) in [7, 11) is 1.56. The Bertz CT molecular complexity index is 871. The fourth-order valence-electron chi connectivity index (χ4n) is 3.25. The normalized spacial score (nSPS) is 12.9. The molecule has 1 aromatic heterocycles. The van der Waals surface area contributed by atoms with Gasteiger partial charge in [-0.25, -0.2) is 0 Å². The lowest BCUT2D eigenvalue weighted by Gasteiger charge is -2.11. The summed E-state index contributed by atoms with van der Waals surface area (Å²) in [6, 6.07) is 6.78. The number of carbonyl (C=O) groups excluding carboxylic acids is 3. The van der Waals surface area contributed by atoms with Crippen LogP contribution in [0.1, 0.15) is 56.8 Å². The molecule has 0 bridgehead atoms. The van der Waals surface area contributed by atoms with Gasteiger partial charge in [0.15, 0.2) is 5.78 Å². The molecule has 3 N–H and O–H groups in total. The molecule has 6 nitrogen and oxygen atoms in total. The van der Waals surface area contributed by atoms with Gasteiger partial charge in [0.2, 0.25) is 5.91 Å². The standard InChI is InChI=1S/C20H22N2O4S/c1-26-13-8-6-12(7-9-13)15(23)10-11-17(24)22-20-18(19(21)25)14-4-2-3-5-16(14)27-20/h6-9H,2-5,10-11H2,1H3,(H2,21,25)(H,22,24). The molecule has 2 amide bonds. The maximum absolute atomic E-state index is 12.3. The van der Waals surface area contributed by atoms with Crippen LogP contribution in [-0.2, 0) is 17.6 Å². The molecular formula is C20H22N2O4S. The number of hydrogen-bond donors (Lipinski definition) is 2. The minimum absolute atomic E-state index is 0.0473. The summed E-state index contributed by atoms with van der Waals surface area (Å²) in [6.45, 7) is 0. The van der Waals surface area contributed by atoms with Crippen molar-refractivity contribution in [3.05, 3.63) is 45.8 Å². The molecule has 0 spiro atoms. The van der Waals surface area contributed by atoms with Crippen LogP contribution in [0.5, 0.6) is 5.75 Å². The molecule has 1 aliphatic rings. The summed E-state index contributed by atoms with van der Waals surface area (Å²) in [5, 5.41) is 3.29. The minimum Gasteiger partial charge on any atom is -0.497 e. The van der Waals surface area contributed by atoms with E-state index in [-0.39, 0.29) is 24.5 Å². The largest absolute Gasteiger partial charge is 0.497 e. The molecule has 7 heteroatoms. The molecule has 0 aliphatic heterocycles. The van der Waals surface area contributed by atoms with E-state index in [9.17, 15) is 14.4 Å². The molecule has 0 saturated carbocycles. The van der Waals surface area contributed by atoms with Crippen LogP contribution in [0.4, 0.5) is 5.00 Å². The maximum Gasteiger partial charge on any atom is 0.251 e. The Morgan fingerprint density at radius 2 is 1.81 bits per heavy atom. The van der Waals surface area contributed by atoms with Gasteiger partial charge in [-0.05, 0) is 55.5 Å². The number of thiophene rings is 1. The summed E-state index contributed by atoms with van der Waals surface area (Å²) in [6.07, 6.45) is 3.96. The molecule has 1 aromatic carbocycles. The van der Waals surface area contributed by atoms with E-state index in [1.54, 1.807) is 31.4 Å². The van der Waals surface area contributed by atoms with E-state index in [0.29, 0.717) is 21.9 Å². The molecule has 0 fully saturated rings. The van der Waals surface area contributed by atoms with E-state index in [4.69, 9.17) is 10.5 Å². The smallest absolute Gasteiger partial charge is 0.251 e. The van der Waals surface area contributed by atoms with Gasteiger partial charge in [-0.2, -0.15) is 0 Å². The molecule has 27 heavy (non-hydrogen) atoms. The number of ketones is 1. The number of ether oxygens (including phenoxy) is 1. The zero-order valence-electron chi connectivity index (χ0n) is 15.2. The Morgan fingerprint density at radius 1 is 1.11 bits per heavy atom. The number of rotatable bonds is 7. The first-order chi connectivity index (χ1) is 13.0. The fraction of sp³-hybridized carbons (Fsp3) is 0.350. The summed E-state index contributed by atoms with van der Waals surface area (Å²) in [5.74, 6) is -0.254. The van der Waals surface area contributed by atoms with Gasteiger partial charge >= 0.3 is 0 Å². The molecule has 0 saturated heterocycles. The molecule has 0 unspecified atom stereocenters. The van der Waals surface area contributed by atoms with Gasteiger partial charge in [0.1, 0.15) is 10.8 Å². The van der Waals surface area contributed by atoms with Crippen molar-refractivity contribution in [1.29, 1.82) is 0 Å². The van der Waals surface area contributed by atoms with E-state index in [2.05, 4.69) is 5.32 Å². The third kappa shape index (κ3) is 4.36. The Kier molecular flexibility index (Phi) is 5.91. The molecule has 1 heterocycles. The number of nitrogens with one attached hydrogen (secondary N) is 1. The van der Waals surface area contributed by atoms with Crippen LogP contribution in [0.15, 0.2) is 24.3 Å². The van der Waals surface area contributed by atoms with E-state index in [1.807, 2.05) is 0 Å². The zero-order chi connectivity index (χ0) is 19.4. The third-order valence-corrected chi connectivity index (χ3v) is 5.87. The molecule has 0 atom stereocenters. The lowest BCUT2D eigenvalue weighted by Crippen LogP contribution is -2.19. The van der Waals surface area contributed by atoms with Gasteiger partial charge in [-0.1, -0.05) is 0 Å². The van der Waals surface area contributed by atoms with Crippen molar-refractivity contribution < 1.29 is 19.1 Å². The van der Waals surface area contributed by atoms with Gasteiger partial charge in [-0.3, -0.25) is 14.4 Å². The number of hydrogen-bond acceptors (Lipinski definition) is 5. The summed E-state index contributed by atoms with van der Waals surface area (Å²) >= 11 is 1.42. The quantitative estimate of drug-likeness (QED) is 0.713. The molecule has 142 valence electrons. The first-order valence-electron chi connectivity index (χ1n) is 8.91. The van der Waals surface area contributed by atoms with Crippen LogP contribution in [0.3, 0.4) is 0 Å². The lowest BCUT2D eigenvalue weighted by atomic mass is 9.95. The Labute approximate surface area is 161 Å². The first kappa shape index (κ1) is 19.1. The molecule has 0 radical (unpaired) electrons. The van der Waals surface area contributed by atoms with Crippen molar-refractivity contribution in [2.75, 3.05) is 12.4 Å². The monoisotopic (exact) mass is 386 g/mol. The van der Waals surface area contributed by atoms with Crippen molar-refractivity contribution >= 4 is 33.9 Å². The highest BCUT2D eigenvalue weighted by Gasteiger charge is 2.25. The first-order valence-corrected chi connectivity index (χ1v) is 9.72. The molecular weight excluding hydrogens is 364 g/mol. The van der Waals surface area contributed by atoms with Crippen molar-refractivity contribution in [3.63, 3.8) is 0 Å². The van der Waals surface area contributed by atoms with Gasteiger partial charge in [0.05, 0.1) is 12.7 Å². The summed E-state index contributed by atoms with van der Waals surface area (Å²) in [4.78, 5) is 37.5. The van der Waals surface area contributed by atoms with E-state index >= 15 is 0 Å². The topological polar surface area (TPSA) is 98.5 Å². The van der Waals surface area contributed by atoms with Crippen molar-refractivity contribution in [2.24, 2.45) is 5.73 Å². The van der Waals surface area contributed by atoms with E-state index < -0.39 is 5.91 Å². The minimum atomic E-state index is -0.515. The number of anilines is 1. The SMILES string of the molecule is COc1ccc(C(=O)CCC(=O)Nc2sc3c(c2C(N)=O)CCCC3)cc1. The zero-order valence-corrected chi connectivity index (χ0v) is 16.0. The number of fused-ring (bicyclic) bond motifs is 1. The predicted octanol–water partition coefficient (Wildman–Crippen LogP) is 3.34. The highest BCUT2D eigenvalue weighted by molar-refractivity contribution is 7.17. The van der Waals surface area contributed by atoms with Crippen LogP contribution in [0, 0.1) is 0 Å². The van der Waals surface area contributed by atoms with Crippen LogP contribution in [-0.4, -0.2) is 24.7 Å². The Balaban J connectivity index is 1.63. The van der Waals surface area contributed by atoms with Crippen molar-refractivity contribution in [2.45, 2.75) is 38.5 Å². The van der Waals surface area contributed by atoms with E-state index in [0.717, 1.165) is 36.1 Å². The van der Waals surface area contributed by atoms with Gasteiger partial charge in [0.25, 0.3) is 5.91 Å². The highest BCUT2D eigenvalue weighted by Crippen LogP contribution is 2.37. The van der Waals surface area contributed by atoms with E-state index in [1.165, 1.54) is 11.3 Å². The van der Waals surface area contributed by atoms with Crippen molar-refractivity contribution in [3.8, 4) is 5.75 Å². The summed E-state index contributed by atoms with van der Waals surface area (Å²) in [5.41, 5.74) is 7.48. The molecule has 2 aromatic rings. The number of nitrogens with two attached hydrogens (primary N) is 1. The maximum atomic E-state index is 12.3. The highest BCUT2D eigenvalue weighted by atomic mass is 32.1. The fourth-order valence-corrected chi connectivity index (χ4v) is 4.56. The number of methoxy groups -OCH3 is 1. The summed E-state index contributed by atoms with van der Waals surface area (Å²) < 4.78 is 5.07. The van der Waals surface area contributed by atoms with Crippen LogP contribution < -0.4 is 15.8 Å². The second-order valence-electron chi connectivity index (χ2n) is 6.48. The van der Waals surface area contributed by atoms with Gasteiger partial charge in [-0.15, -0.1) is 11.3 Å². The Morgan fingerprint density at radius 3 is 2.48 bits per heavy atom. The van der Waals surface area contributed by atoms with Gasteiger partial charge in [0, 0.05) is 23.3 Å². The second-order valence-corrected chi connectivity index (χ2v) is 7.58. The van der Waals surface area contributed by atoms with Crippen LogP contribution in [0.2, 0.25) is 0 Å². The van der Waals surface area contributed by atoms with Gasteiger partial charge < -0.3 is 15.8 Å². The number of amides is 2. The van der Waals surface area contributed by atoms with Crippen LogP contribution >= 0.6 is 11.3 Å². The van der Waals surface area contributed by atoms with Crippen LogP contribution in [0.25, 0.3) is 0 Å². The number of primary amides is 1. The average Bonchev–Trinajstić information content (AvgIpc) is 3.04. The predicted molar refractivity (Wildman–Crippen MR) is 105 cm³/mol. The third-order valence-electron chi connectivity index (χ3n) is 4.66. The second kappa shape index (κ2) is 8.35. The molecule has 3 rings (SSSR count). The number of carbonyl (C=O) groups is 3. The average molecular weight is 386 g/mol. The lowest BCUT2D eigenvalue weighted by molar-refractivity contribution is -0.116.